The zero-order valence-corrected chi connectivity index (χ0v) is 20.4. The second-order valence-electron chi connectivity index (χ2n) is 7.83. The van der Waals surface area contributed by atoms with Gasteiger partial charge in [0.2, 0.25) is 0 Å². The molecule has 0 bridgehead atoms. The summed E-state index contributed by atoms with van der Waals surface area (Å²) in [5.74, 6) is -2.76. The van der Waals surface area contributed by atoms with Crippen molar-refractivity contribution in [1.82, 2.24) is 5.32 Å². The molecule has 0 radical (unpaired) electrons. The van der Waals surface area contributed by atoms with E-state index in [0.29, 0.717) is 32.5 Å². The number of carbonyl (C=O) groups is 3. The van der Waals surface area contributed by atoms with Gasteiger partial charge in [-0.05, 0) is 44.2 Å². The summed E-state index contributed by atoms with van der Waals surface area (Å²) in [6, 6.07) is 18.2. The van der Waals surface area contributed by atoms with Gasteiger partial charge in [0.1, 0.15) is 6.61 Å². The standard InChI is InChI=1S/C27H35NO7/c1-3-33-25(29)24(26(30)34-4-2)23(28-27(31)35-20-22-15-9-6-10-16-22)17-11-12-18-32-19-21-13-7-5-8-14-21/h5-10,13-16,23-24H,3-4,11-12,17-20H2,1-2H3,(H,28,31). The van der Waals surface area contributed by atoms with Crippen molar-refractivity contribution < 1.29 is 33.3 Å². The summed E-state index contributed by atoms with van der Waals surface area (Å²) < 4.78 is 21.2. The normalized spacial score (nSPS) is 11.5. The van der Waals surface area contributed by atoms with E-state index in [0.717, 1.165) is 11.1 Å². The van der Waals surface area contributed by atoms with E-state index in [2.05, 4.69) is 5.32 Å². The number of hydrogen-bond acceptors (Lipinski definition) is 7. The molecule has 35 heavy (non-hydrogen) atoms. The second-order valence-corrected chi connectivity index (χ2v) is 7.83. The number of unbranched alkanes of at least 4 members (excludes halogenated alkanes) is 1. The number of alkyl carbamates (subject to hydrolysis) is 1. The number of hydrogen-bond donors (Lipinski definition) is 1. The molecule has 0 aliphatic carbocycles. The Bertz CT molecular complexity index is 871. The first-order valence-electron chi connectivity index (χ1n) is 12.0. The first kappa shape index (κ1) is 27.9. The fraction of sp³-hybridized carbons (Fsp3) is 0.444. The Hall–Kier alpha value is -3.39. The molecule has 8 nitrogen and oxygen atoms in total. The van der Waals surface area contributed by atoms with Gasteiger partial charge in [-0.3, -0.25) is 9.59 Å². The molecule has 2 rings (SSSR count). The van der Waals surface area contributed by atoms with Gasteiger partial charge in [0.15, 0.2) is 5.92 Å². The van der Waals surface area contributed by atoms with E-state index in [1.54, 1.807) is 13.8 Å². The molecule has 0 spiro atoms. The summed E-state index contributed by atoms with van der Waals surface area (Å²) >= 11 is 0. The predicted octanol–water partition coefficient (Wildman–Crippen LogP) is 4.41. The number of rotatable bonds is 15. The van der Waals surface area contributed by atoms with E-state index in [9.17, 15) is 14.4 Å². The van der Waals surface area contributed by atoms with Gasteiger partial charge in [0.25, 0.3) is 0 Å². The van der Waals surface area contributed by atoms with Crippen LogP contribution in [0.1, 0.15) is 44.2 Å². The third-order valence-corrected chi connectivity index (χ3v) is 5.16. The van der Waals surface area contributed by atoms with Gasteiger partial charge in [0, 0.05) is 6.61 Å². The highest BCUT2D eigenvalue weighted by Crippen LogP contribution is 2.17. The molecule has 190 valence electrons. The molecule has 0 aliphatic heterocycles. The van der Waals surface area contributed by atoms with Crippen molar-refractivity contribution >= 4 is 18.0 Å². The van der Waals surface area contributed by atoms with Crippen LogP contribution in [0.2, 0.25) is 0 Å². The molecule has 0 saturated heterocycles. The lowest BCUT2D eigenvalue weighted by Crippen LogP contribution is -2.48. The summed E-state index contributed by atoms with van der Waals surface area (Å²) in [5.41, 5.74) is 1.90. The minimum absolute atomic E-state index is 0.0657. The highest BCUT2D eigenvalue weighted by molar-refractivity contribution is 5.96. The third-order valence-electron chi connectivity index (χ3n) is 5.16. The van der Waals surface area contributed by atoms with Crippen molar-refractivity contribution in [2.75, 3.05) is 19.8 Å². The molecular weight excluding hydrogens is 450 g/mol. The lowest BCUT2D eigenvalue weighted by molar-refractivity contribution is -0.163. The molecule has 0 heterocycles. The molecule has 1 atom stereocenters. The maximum atomic E-state index is 12.6. The first-order chi connectivity index (χ1) is 17.0. The Morgan fingerprint density at radius 3 is 1.83 bits per heavy atom. The van der Waals surface area contributed by atoms with Gasteiger partial charge < -0.3 is 24.3 Å². The highest BCUT2D eigenvalue weighted by atomic mass is 16.6. The number of esters is 2. The quantitative estimate of drug-likeness (QED) is 0.173. The Kier molecular flexibility index (Phi) is 12.9. The number of nitrogens with one attached hydrogen (secondary N) is 1. The van der Waals surface area contributed by atoms with Gasteiger partial charge in [-0.1, -0.05) is 60.7 Å². The van der Waals surface area contributed by atoms with Crippen molar-refractivity contribution in [1.29, 1.82) is 0 Å². The number of ether oxygens (including phenoxy) is 4. The Balaban J connectivity index is 1.96. The van der Waals surface area contributed by atoms with E-state index < -0.39 is 30.0 Å². The van der Waals surface area contributed by atoms with E-state index in [1.165, 1.54) is 0 Å². The molecule has 2 aromatic carbocycles. The molecule has 0 aliphatic rings. The van der Waals surface area contributed by atoms with Gasteiger partial charge >= 0.3 is 18.0 Å². The van der Waals surface area contributed by atoms with Crippen LogP contribution >= 0.6 is 0 Å². The number of benzene rings is 2. The molecule has 0 aromatic heterocycles. The van der Waals surface area contributed by atoms with E-state index >= 15 is 0 Å². The summed E-state index contributed by atoms with van der Waals surface area (Å²) in [5, 5.41) is 2.68. The first-order valence-corrected chi connectivity index (χ1v) is 12.0. The van der Waals surface area contributed by atoms with Gasteiger partial charge in [-0.15, -0.1) is 0 Å². The van der Waals surface area contributed by atoms with Crippen molar-refractivity contribution in [3.63, 3.8) is 0 Å². The van der Waals surface area contributed by atoms with Crippen molar-refractivity contribution in [3.05, 3.63) is 71.8 Å². The zero-order chi connectivity index (χ0) is 25.3. The Labute approximate surface area is 206 Å². The van der Waals surface area contributed by atoms with Crippen molar-refractivity contribution in [2.45, 2.75) is 52.4 Å². The predicted molar refractivity (Wildman–Crippen MR) is 130 cm³/mol. The lowest BCUT2D eigenvalue weighted by atomic mass is 9.95. The van der Waals surface area contributed by atoms with Crippen LogP contribution in [0, 0.1) is 5.92 Å². The second kappa shape index (κ2) is 16.3. The van der Waals surface area contributed by atoms with E-state index in [4.69, 9.17) is 18.9 Å². The fourth-order valence-corrected chi connectivity index (χ4v) is 3.46. The molecule has 1 amide bonds. The largest absolute Gasteiger partial charge is 0.465 e. The van der Waals surface area contributed by atoms with Gasteiger partial charge in [-0.25, -0.2) is 4.79 Å². The molecular formula is C27H35NO7. The average molecular weight is 486 g/mol. The van der Waals surface area contributed by atoms with Crippen LogP contribution in [-0.2, 0) is 41.8 Å². The Morgan fingerprint density at radius 2 is 1.29 bits per heavy atom. The van der Waals surface area contributed by atoms with Crippen LogP contribution in [0.25, 0.3) is 0 Å². The SMILES string of the molecule is CCOC(=O)C(C(=O)OCC)C(CCCCOCc1ccccc1)NC(=O)OCc1ccccc1. The molecule has 0 fully saturated rings. The molecule has 0 saturated carbocycles. The lowest BCUT2D eigenvalue weighted by Gasteiger charge is -2.25. The number of amides is 1. The van der Waals surface area contributed by atoms with E-state index in [-0.39, 0.29) is 19.8 Å². The van der Waals surface area contributed by atoms with Gasteiger partial charge in [-0.2, -0.15) is 0 Å². The minimum atomic E-state index is -1.29. The van der Waals surface area contributed by atoms with Crippen molar-refractivity contribution in [2.24, 2.45) is 5.92 Å². The number of carbonyl (C=O) groups excluding carboxylic acids is 3. The molecule has 1 unspecified atom stereocenters. The molecule has 2 aromatic rings. The van der Waals surface area contributed by atoms with Gasteiger partial charge in [0.05, 0.1) is 25.9 Å². The molecule has 8 heteroatoms. The van der Waals surface area contributed by atoms with E-state index in [1.807, 2.05) is 60.7 Å². The van der Waals surface area contributed by atoms with Crippen LogP contribution in [0.4, 0.5) is 4.79 Å². The smallest absolute Gasteiger partial charge is 0.407 e. The van der Waals surface area contributed by atoms with Crippen LogP contribution < -0.4 is 5.32 Å². The molecule has 1 N–H and O–H groups in total. The topological polar surface area (TPSA) is 100 Å². The summed E-state index contributed by atoms with van der Waals surface area (Å²) in [6.07, 6.45) is 0.908. The summed E-state index contributed by atoms with van der Waals surface area (Å²) in [4.78, 5) is 37.8. The zero-order valence-electron chi connectivity index (χ0n) is 20.4. The summed E-state index contributed by atoms with van der Waals surface area (Å²) in [7, 11) is 0. The van der Waals surface area contributed by atoms with Crippen LogP contribution in [0.5, 0.6) is 0 Å². The highest BCUT2D eigenvalue weighted by Gasteiger charge is 2.38. The minimum Gasteiger partial charge on any atom is -0.465 e. The maximum absolute atomic E-state index is 12.6. The summed E-state index contributed by atoms with van der Waals surface area (Å²) in [6.45, 7) is 4.59. The fourth-order valence-electron chi connectivity index (χ4n) is 3.46. The third kappa shape index (κ3) is 10.6. The van der Waals surface area contributed by atoms with Crippen LogP contribution in [0.3, 0.4) is 0 Å². The average Bonchev–Trinajstić information content (AvgIpc) is 2.86. The van der Waals surface area contributed by atoms with Crippen LogP contribution in [-0.4, -0.2) is 43.9 Å². The monoisotopic (exact) mass is 485 g/mol. The maximum Gasteiger partial charge on any atom is 0.407 e. The van der Waals surface area contributed by atoms with Crippen molar-refractivity contribution in [3.8, 4) is 0 Å². The Morgan fingerprint density at radius 1 is 0.743 bits per heavy atom. The van der Waals surface area contributed by atoms with Crippen LogP contribution in [0.15, 0.2) is 60.7 Å².